The first-order chi connectivity index (χ1) is 9.38. The van der Waals surface area contributed by atoms with E-state index in [1.54, 1.807) is 0 Å². The number of amides is 1. The van der Waals surface area contributed by atoms with E-state index in [0.717, 1.165) is 18.2 Å². The van der Waals surface area contributed by atoms with Crippen molar-refractivity contribution in [3.63, 3.8) is 0 Å². The molecule has 1 aromatic heterocycles. The molecule has 1 aromatic carbocycles. The summed E-state index contributed by atoms with van der Waals surface area (Å²) < 4.78 is 31.2. The van der Waals surface area contributed by atoms with Crippen LogP contribution in [0.3, 0.4) is 0 Å². The molecule has 0 saturated heterocycles. The van der Waals surface area contributed by atoms with Crippen molar-refractivity contribution in [2.45, 2.75) is 0 Å². The van der Waals surface area contributed by atoms with E-state index in [1.165, 1.54) is 0 Å². The van der Waals surface area contributed by atoms with Crippen LogP contribution < -0.4 is 5.32 Å². The Hall–Kier alpha value is -2.22. The van der Waals surface area contributed by atoms with Crippen molar-refractivity contribution in [2.24, 2.45) is 0 Å². The van der Waals surface area contributed by atoms with E-state index in [9.17, 15) is 18.4 Å². The zero-order chi connectivity index (χ0) is 14.9. The second kappa shape index (κ2) is 5.41. The lowest BCUT2D eigenvalue weighted by Crippen LogP contribution is -2.12. The minimum Gasteiger partial charge on any atom is -0.475 e. The van der Waals surface area contributed by atoms with Crippen molar-refractivity contribution in [3.8, 4) is 0 Å². The van der Waals surface area contributed by atoms with E-state index in [2.05, 4.69) is 21.2 Å². The van der Waals surface area contributed by atoms with E-state index < -0.39 is 29.3 Å². The van der Waals surface area contributed by atoms with Crippen LogP contribution in [0.2, 0.25) is 0 Å². The van der Waals surface area contributed by atoms with Crippen molar-refractivity contribution >= 4 is 33.5 Å². The van der Waals surface area contributed by atoms with Crippen molar-refractivity contribution in [1.29, 1.82) is 0 Å². The predicted molar refractivity (Wildman–Crippen MR) is 67.7 cm³/mol. The molecule has 0 aliphatic carbocycles. The van der Waals surface area contributed by atoms with Gasteiger partial charge in [-0.25, -0.2) is 13.6 Å². The highest BCUT2D eigenvalue weighted by molar-refractivity contribution is 9.10. The number of hydrogen-bond donors (Lipinski definition) is 2. The quantitative estimate of drug-likeness (QED) is 0.836. The summed E-state index contributed by atoms with van der Waals surface area (Å²) in [6.07, 6.45) is 0. The van der Waals surface area contributed by atoms with Crippen LogP contribution in [0.5, 0.6) is 0 Å². The molecule has 2 N–H and O–H groups in total. The zero-order valence-corrected chi connectivity index (χ0v) is 11.2. The van der Waals surface area contributed by atoms with Gasteiger partial charge in [-0.3, -0.25) is 4.79 Å². The maximum absolute atomic E-state index is 13.4. The Morgan fingerprint density at radius 3 is 2.40 bits per heavy atom. The van der Waals surface area contributed by atoms with Crippen LogP contribution in [0.1, 0.15) is 21.1 Å². The van der Waals surface area contributed by atoms with Gasteiger partial charge < -0.3 is 14.8 Å². The fraction of sp³-hybridized carbons (Fsp3) is 0. The molecule has 0 bridgehead atoms. The van der Waals surface area contributed by atoms with Crippen LogP contribution in [0, 0.1) is 11.6 Å². The molecule has 20 heavy (non-hydrogen) atoms. The lowest BCUT2D eigenvalue weighted by molar-refractivity contribution is 0.0660. The minimum atomic E-state index is -1.33. The highest BCUT2D eigenvalue weighted by Crippen LogP contribution is 2.24. The third-order valence-corrected chi connectivity index (χ3v) is 2.91. The summed E-state index contributed by atoms with van der Waals surface area (Å²) in [4.78, 5) is 22.3. The third kappa shape index (κ3) is 2.85. The fourth-order valence-electron chi connectivity index (χ4n) is 1.38. The van der Waals surface area contributed by atoms with E-state index in [0.29, 0.717) is 6.07 Å². The number of carboxylic acid groups (broad SMARTS) is 1. The SMILES string of the molecule is O=C(O)c1ccc(C(=O)Nc2cc(Br)c(F)cc2F)o1. The van der Waals surface area contributed by atoms with Gasteiger partial charge in [0.15, 0.2) is 5.76 Å². The fourth-order valence-corrected chi connectivity index (χ4v) is 1.72. The Balaban J connectivity index is 2.23. The van der Waals surface area contributed by atoms with Crippen molar-refractivity contribution in [2.75, 3.05) is 5.32 Å². The number of anilines is 1. The molecule has 2 aromatic rings. The first kappa shape index (κ1) is 14.2. The number of hydrogen-bond acceptors (Lipinski definition) is 3. The molecule has 0 spiro atoms. The molecule has 0 atom stereocenters. The monoisotopic (exact) mass is 345 g/mol. The molecule has 5 nitrogen and oxygen atoms in total. The molecule has 0 fully saturated rings. The Bertz CT molecular complexity index is 699. The Morgan fingerprint density at radius 2 is 1.80 bits per heavy atom. The lowest BCUT2D eigenvalue weighted by atomic mass is 10.3. The van der Waals surface area contributed by atoms with Gasteiger partial charge in [0.25, 0.3) is 5.91 Å². The Kier molecular flexibility index (Phi) is 3.84. The highest BCUT2D eigenvalue weighted by Gasteiger charge is 2.17. The summed E-state index contributed by atoms with van der Waals surface area (Å²) >= 11 is 2.86. The van der Waals surface area contributed by atoms with Gasteiger partial charge in [-0.2, -0.15) is 0 Å². The number of halogens is 3. The van der Waals surface area contributed by atoms with Crippen LogP contribution in [0.15, 0.2) is 33.2 Å². The second-order valence-electron chi connectivity index (χ2n) is 3.67. The van der Waals surface area contributed by atoms with E-state index in [-0.39, 0.29) is 15.9 Å². The van der Waals surface area contributed by atoms with Crippen LogP contribution in [0.4, 0.5) is 14.5 Å². The first-order valence-electron chi connectivity index (χ1n) is 5.17. The van der Waals surface area contributed by atoms with Gasteiger partial charge in [0.2, 0.25) is 5.76 Å². The van der Waals surface area contributed by atoms with Crippen molar-refractivity contribution < 1.29 is 27.9 Å². The predicted octanol–water partition coefficient (Wildman–Crippen LogP) is 3.27. The molecular formula is C12H6BrF2NO4. The van der Waals surface area contributed by atoms with Gasteiger partial charge in [-0.1, -0.05) is 0 Å². The summed E-state index contributed by atoms with van der Waals surface area (Å²) in [5.41, 5.74) is -0.267. The third-order valence-electron chi connectivity index (χ3n) is 2.30. The number of aromatic carboxylic acids is 1. The van der Waals surface area contributed by atoms with Gasteiger partial charge in [-0.15, -0.1) is 0 Å². The topological polar surface area (TPSA) is 79.5 Å². The number of carbonyl (C=O) groups is 2. The standard InChI is InChI=1S/C12H6BrF2NO4/c13-5-3-8(7(15)4-6(5)14)16-11(17)9-1-2-10(20-9)12(18)19/h1-4H,(H,16,17)(H,18,19). The largest absolute Gasteiger partial charge is 0.475 e. The summed E-state index contributed by atoms with van der Waals surface area (Å²) in [5, 5.41) is 10.8. The summed E-state index contributed by atoms with van der Waals surface area (Å²) in [6.45, 7) is 0. The Morgan fingerprint density at radius 1 is 1.15 bits per heavy atom. The van der Waals surface area contributed by atoms with Gasteiger partial charge >= 0.3 is 5.97 Å². The van der Waals surface area contributed by atoms with Crippen LogP contribution in [-0.2, 0) is 0 Å². The van der Waals surface area contributed by atoms with Crippen molar-refractivity contribution in [3.05, 3.63) is 51.9 Å². The van der Waals surface area contributed by atoms with Gasteiger partial charge in [0.1, 0.15) is 11.6 Å². The second-order valence-corrected chi connectivity index (χ2v) is 4.52. The van der Waals surface area contributed by atoms with E-state index >= 15 is 0 Å². The first-order valence-corrected chi connectivity index (χ1v) is 5.97. The zero-order valence-electron chi connectivity index (χ0n) is 9.62. The number of nitrogens with one attached hydrogen (secondary N) is 1. The number of carboxylic acids is 1. The van der Waals surface area contributed by atoms with Gasteiger partial charge in [0, 0.05) is 6.07 Å². The summed E-state index contributed by atoms with van der Waals surface area (Å²) in [7, 11) is 0. The van der Waals surface area contributed by atoms with Crippen LogP contribution in [-0.4, -0.2) is 17.0 Å². The molecule has 0 saturated carbocycles. The van der Waals surface area contributed by atoms with Gasteiger partial charge in [0.05, 0.1) is 10.2 Å². The molecule has 0 radical (unpaired) electrons. The van der Waals surface area contributed by atoms with Crippen molar-refractivity contribution in [1.82, 2.24) is 0 Å². The van der Waals surface area contributed by atoms with E-state index in [4.69, 9.17) is 9.52 Å². The lowest BCUT2D eigenvalue weighted by Gasteiger charge is -2.06. The number of carbonyl (C=O) groups excluding carboxylic acids is 1. The highest BCUT2D eigenvalue weighted by atomic mass is 79.9. The summed E-state index contributed by atoms with van der Waals surface area (Å²) in [6, 6.07) is 3.87. The Labute approximate surface area is 119 Å². The molecule has 1 heterocycles. The molecule has 2 rings (SSSR count). The molecular weight excluding hydrogens is 340 g/mol. The number of rotatable bonds is 3. The van der Waals surface area contributed by atoms with E-state index in [1.807, 2.05) is 0 Å². The smallest absolute Gasteiger partial charge is 0.371 e. The maximum atomic E-state index is 13.4. The molecule has 0 aliphatic rings. The molecule has 1 amide bonds. The molecule has 0 aliphatic heterocycles. The normalized spacial score (nSPS) is 10.3. The molecule has 8 heteroatoms. The minimum absolute atomic E-state index is 0.0279. The average molecular weight is 346 g/mol. The molecule has 104 valence electrons. The van der Waals surface area contributed by atoms with Crippen LogP contribution in [0.25, 0.3) is 0 Å². The maximum Gasteiger partial charge on any atom is 0.371 e. The van der Waals surface area contributed by atoms with Crippen LogP contribution >= 0.6 is 15.9 Å². The number of benzene rings is 1. The van der Waals surface area contributed by atoms with Gasteiger partial charge in [-0.05, 0) is 34.1 Å². The average Bonchev–Trinajstić information content (AvgIpc) is 2.85. The molecule has 0 unspecified atom stereocenters. The summed E-state index contributed by atoms with van der Waals surface area (Å²) in [5.74, 6) is -4.69. The number of furan rings is 1.